The Hall–Kier alpha value is -1.50. The van der Waals surface area contributed by atoms with Gasteiger partial charge >= 0.3 is 0 Å². The third kappa shape index (κ3) is 3.77. The van der Waals surface area contributed by atoms with Crippen molar-refractivity contribution in [1.82, 2.24) is 9.80 Å². The van der Waals surface area contributed by atoms with E-state index in [0.717, 1.165) is 56.0 Å². The predicted octanol–water partition coefficient (Wildman–Crippen LogP) is 2.01. The van der Waals surface area contributed by atoms with Crippen LogP contribution in [0, 0.1) is 5.92 Å². The smallest absolute Gasteiger partial charge is 0.165 e. The molecular weight excluding hydrogens is 332 g/mol. The highest BCUT2D eigenvalue weighted by molar-refractivity contribution is 5.51. The number of hydrogen-bond acceptors (Lipinski definition) is 6. The fourth-order valence-electron chi connectivity index (χ4n) is 4.55. The van der Waals surface area contributed by atoms with Crippen LogP contribution in [0.4, 0.5) is 0 Å². The number of rotatable bonds is 6. The molecule has 144 valence electrons. The number of benzene rings is 1. The van der Waals surface area contributed by atoms with Crippen LogP contribution in [0.2, 0.25) is 0 Å². The zero-order valence-corrected chi connectivity index (χ0v) is 15.9. The molecule has 0 aromatic heterocycles. The Morgan fingerprint density at radius 3 is 2.62 bits per heavy atom. The fourth-order valence-corrected chi connectivity index (χ4v) is 4.55. The predicted molar refractivity (Wildman–Crippen MR) is 99.2 cm³/mol. The minimum Gasteiger partial charge on any atom is -0.496 e. The number of piperidine rings is 1. The molecule has 4 heterocycles. The van der Waals surface area contributed by atoms with E-state index in [1.807, 2.05) is 6.07 Å². The van der Waals surface area contributed by atoms with Gasteiger partial charge in [-0.2, -0.15) is 0 Å². The molecule has 4 aliphatic heterocycles. The van der Waals surface area contributed by atoms with Crippen LogP contribution in [-0.2, 0) is 11.3 Å². The lowest BCUT2D eigenvalue weighted by atomic mass is 9.95. The SMILES string of the molecule is COCCN1C[C@H]2CC[C@@H]1CN(Cc1cc3c(cc1OC)OCCO3)C2. The van der Waals surface area contributed by atoms with Crippen LogP contribution in [0.5, 0.6) is 17.2 Å². The maximum atomic E-state index is 5.77. The molecule has 0 radical (unpaired) electrons. The molecule has 2 bridgehead atoms. The van der Waals surface area contributed by atoms with Gasteiger partial charge in [-0.3, -0.25) is 9.80 Å². The van der Waals surface area contributed by atoms with Crippen molar-refractivity contribution in [3.8, 4) is 17.2 Å². The molecule has 6 heteroatoms. The van der Waals surface area contributed by atoms with E-state index >= 15 is 0 Å². The zero-order chi connectivity index (χ0) is 17.9. The molecule has 3 saturated heterocycles. The van der Waals surface area contributed by atoms with Crippen molar-refractivity contribution in [1.29, 1.82) is 0 Å². The van der Waals surface area contributed by atoms with E-state index in [1.54, 1.807) is 14.2 Å². The quantitative estimate of drug-likeness (QED) is 0.771. The van der Waals surface area contributed by atoms with Crippen LogP contribution in [0.1, 0.15) is 18.4 Å². The molecule has 1 aromatic carbocycles. The maximum absolute atomic E-state index is 5.77. The molecule has 1 aromatic rings. The first-order valence-electron chi connectivity index (χ1n) is 9.68. The second kappa shape index (κ2) is 8.03. The van der Waals surface area contributed by atoms with Gasteiger partial charge in [0.2, 0.25) is 0 Å². The average Bonchev–Trinajstić information content (AvgIpc) is 2.96. The second-order valence-corrected chi connectivity index (χ2v) is 7.59. The summed E-state index contributed by atoms with van der Waals surface area (Å²) in [5, 5.41) is 0. The number of hydrogen-bond donors (Lipinski definition) is 0. The summed E-state index contributed by atoms with van der Waals surface area (Å²) in [7, 11) is 3.52. The number of methoxy groups -OCH3 is 2. The Morgan fingerprint density at radius 2 is 1.85 bits per heavy atom. The fraction of sp³-hybridized carbons (Fsp3) is 0.700. The van der Waals surface area contributed by atoms with E-state index < -0.39 is 0 Å². The Morgan fingerprint density at radius 1 is 1.04 bits per heavy atom. The van der Waals surface area contributed by atoms with Crippen LogP contribution in [0.25, 0.3) is 0 Å². The maximum Gasteiger partial charge on any atom is 0.165 e. The van der Waals surface area contributed by atoms with Crippen LogP contribution >= 0.6 is 0 Å². The molecule has 0 spiro atoms. The largest absolute Gasteiger partial charge is 0.496 e. The van der Waals surface area contributed by atoms with Gasteiger partial charge in [-0.15, -0.1) is 0 Å². The van der Waals surface area contributed by atoms with Gasteiger partial charge in [-0.1, -0.05) is 0 Å². The van der Waals surface area contributed by atoms with Gasteiger partial charge in [0, 0.05) is 57.5 Å². The summed E-state index contributed by atoms with van der Waals surface area (Å²) in [6.45, 7) is 7.42. The van der Waals surface area contributed by atoms with Crippen molar-refractivity contribution in [2.45, 2.75) is 25.4 Å². The van der Waals surface area contributed by atoms with E-state index in [9.17, 15) is 0 Å². The lowest BCUT2D eigenvalue weighted by Gasteiger charge is -2.35. The first-order chi connectivity index (χ1) is 12.8. The lowest BCUT2D eigenvalue weighted by Crippen LogP contribution is -2.45. The van der Waals surface area contributed by atoms with Gasteiger partial charge in [-0.25, -0.2) is 0 Å². The Balaban J connectivity index is 1.49. The van der Waals surface area contributed by atoms with Crippen molar-refractivity contribution in [3.63, 3.8) is 0 Å². The van der Waals surface area contributed by atoms with Crippen molar-refractivity contribution in [3.05, 3.63) is 17.7 Å². The third-order valence-corrected chi connectivity index (χ3v) is 5.82. The highest BCUT2D eigenvalue weighted by atomic mass is 16.6. The number of nitrogens with zero attached hydrogens (tertiary/aromatic N) is 2. The minimum absolute atomic E-state index is 0.599. The average molecular weight is 362 g/mol. The van der Waals surface area contributed by atoms with Crippen molar-refractivity contribution >= 4 is 0 Å². The summed E-state index contributed by atoms with van der Waals surface area (Å²) in [4.78, 5) is 5.21. The summed E-state index contributed by atoms with van der Waals surface area (Å²) in [6.07, 6.45) is 2.63. The molecule has 0 saturated carbocycles. The van der Waals surface area contributed by atoms with Crippen LogP contribution in [-0.4, -0.2) is 76.1 Å². The highest BCUT2D eigenvalue weighted by Gasteiger charge is 2.34. The topological polar surface area (TPSA) is 43.4 Å². The summed E-state index contributed by atoms with van der Waals surface area (Å²) < 4.78 is 22.4. The molecule has 4 aliphatic rings. The number of ether oxygens (including phenoxy) is 4. The Bertz CT molecular complexity index is 624. The molecule has 3 fully saturated rings. The minimum atomic E-state index is 0.599. The second-order valence-electron chi connectivity index (χ2n) is 7.59. The summed E-state index contributed by atoms with van der Waals surface area (Å²) in [5.41, 5.74) is 1.18. The number of fused-ring (bicyclic) bond motifs is 5. The molecule has 6 nitrogen and oxygen atoms in total. The molecule has 2 atom stereocenters. The lowest BCUT2D eigenvalue weighted by molar-refractivity contribution is 0.0867. The van der Waals surface area contributed by atoms with Crippen molar-refractivity contribution in [2.24, 2.45) is 5.92 Å². The molecule has 0 amide bonds. The van der Waals surface area contributed by atoms with Crippen molar-refractivity contribution < 1.29 is 18.9 Å². The molecule has 0 N–H and O–H groups in total. The third-order valence-electron chi connectivity index (χ3n) is 5.82. The highest BCUT2D eigenvalue weighted by Crippen LogP contribution is 2.38. The molecule has 0 aliphatic carbocycles. The van der Waals surface area contributed by atoms with Crippen LogP contribution < -0.4 is 14.2 Å². The van der Waals surface area contributed by atoms with E-state index in [0.29, 0.717) is 19.3 Å². The zero-order valence-electron chi connectivity index (χ0n) is 15.9. The monoisotopic (exact) mass is 362 g/mol. The van der Waals surface area contributed by atoms with Crippen molar-refractivity contribution in [2.75, 3.05) is 60.2 Å². The van der Waals surface area contributed by atoms with Gasteiger partial charge in [-0.05, 0) is 24.8 Å². The van der Waals surface area contributed by atoms with E-state index in [4.69, 9.17) is 18.9 Å². The van der Waals surface area contributed by atoms with Gasteiger partial charge < -0.3 is 18.9 Å². The summed E-state index contributed by atoms with van der Waals surface area (Å²) in [6, 6.07) is 4.70. The molecule has 26 heavy (non-hydrogen) atoms. The van der Waals surface area contributed by atoms with Crippen LogP contribution in [0.15, 0.2) is 12.1 Å². The normalized spacial score (nSPS) is 25.9. The van der Waals surface area contributed by atoms with Gasteiger partial charge in [0.1, 0.15) is 19.0 Å². The Kier molecular flexibility index (Phi) is 5.52. The van der Waals surface area contributed by atoms with Gasteiger partial charge in [0.15, 0.2) is 11.5 Å². The van der Waals surface area contributed by atoms with E-state index in [-0.39, 0.29) is 0 Å². The van der Waals surface area contributed by atoms with E-state index in [1.165, 1.54) is 24.9 Å². The Labute approximate surface area is 155 Å². The first kappa shape index (κ1) is 17.9. The van der Waals surface area contributed by atoms with E-state index in [2.05, 4.69) is 15.9 Å². The molecule has 5 rings (SSSR count). The first-order valence-corrected chi connectivity index (χ1v) is 9.68. The van der Waals surface area contributed by atoms with Crippen LogP contribution in [0.3, 0.4) is 0 Å². The summed E-state index contributed by atoms with van der Waals surface area (Å²) >= 11 is 0. The molecule has 0 unspecified atom stereocenters. The van der Waals surface area contributed by atoms with Gasteiger partial charge in [0.25, 0.3) is 0 Å². The summed E-state index contributed by atoms with van der Waals surface area (Å²) in [5.74, 6) is 3.26. The standard InChI is InChI=1S/C20H30N2O4/c1-23-6-5-22-12-15-3-4-17(22)14-21(11-15)13-16-9-19-20(10-18(16)24-2)26-8-7-25-19/h9-10,15,17H,3-8,11-14H2,1-2H3/t15-,17+/m0/s1. The van der Waals surface area contributed by atoms with Gasteiger partial charge in [0.05, 0.1) is 13.7 Å². The molecular formula is C20H30N2O4.